The summed E-state index contributed by atoms with van der Waals surface area (Å²) in [6, 6.07) is 0. The van der Waals surface area contributed by atoms with Crippen LogP contribution in [0.3, 0.4) is 0 Å². The Hall–Kier alpha value is -2.25. The number of allylic oxidation sites excluding steroid dienone is 3. The molecule has 202 valence electrons. The van der Waals surface area contributed by atoms with Gasteiger partial charge in [0.2, 0.25) is 0 Å². The highest BCUT2D eigenvalue weighted by Crippen LogP contribution is 2.78. The summed E-state index contributed by atoms with van der Waals surface area (Å²) in [5.74, 6) is -1.56. The Morgan fingerprint density at radius 3 is 2.41 bits per heavy atom. The summed E-state index contributed by atoms with van der Waals surface area (Å²) < 4.78 is 12.1. The van der Waals surface area contributed by atoms with Crippen molar-refractivity contribution in [3.63, 3.8) is 0 Å². The fourth-order valence-corrected chi connectivity index (χ4v) is 8.81. The van der Waals surface area contributed by atoms with Crippen molar-refractivity contribution < 1.29 is 34.1 Å². The van der Waals surface area contributed by atoms with E-state index in [0.717, 1.165) is 16.7 Å². The molecule has 0 radical (unpaired) electrons. The fourth-order valence-electron chi connectivity index (χ4n) is 8.81. The average molecular weight is 513 g/mol. The van der Waals surface area contributed by atoms with E-state index < -0.39 is 33.9 Å². The molecule has 7 heteroatoms. The number of hydrogen-bond acceptors (Lipinski definition) is 6. The maximum atomic E-state index is 14.2. The lowest BCUT2D eigenvalue weighted by Crippen LogP contribution is -2.63. The molecule has 7 nitrogen and oxygen atoms in total. The summed E-state index contributed by atoms with van der Waals surface area (Å²) >= 11 is 0. The second-order valence-electron chi connectivity index (χ2n) is 12.9. The van der Waals surface area contributed by atoms with Gasteiger partial charge in [0.1, 0.15) is 11.7 Å². The zero-order valence-corrected chi connectivity index (χ0v) is 22.8. The van der Waals surface area contributed by atoms with Gasteiger partial charge < -0.3 is 19.7 Å². The van der Waals surface area contributed by atoms with Crippen molar-refractivity contribution in [3.05, 3.63) is 35.5 Å². The van der Waals surface area contributed by atoms with E-state index in [-0.39, 0.29) is 48.1 Å². The zero-order chi connectivity index (χ0) is 27.3. The summed E-state index contributed by atoms with van der Waals surface area (Å²) in [7, 11) is 0. The van der Waals surface area contributed by atoms with Gasteiger partial charge in [0, 0.05) is 23.7 Å². The lowest BCUT2D eigenvalue weighted by atomic mass is 9.43. The van der Waals surface area contributed by atoms with E-state index in [2.05, 4.69) is 6.58 Å². The van der Waals surface area contributed by atoms with Crippen LogP contribution in [-0.4, -0.2) is 51.8 Å². The van der Waals surface area contributed by atoms with Crippen LogP contribution in [0.4, 0.5) is 0 Å². The number of ketones is 1. The molecule has 2 saturated heterocycles. The van der Waals surface area contributed by atoms with Gasteiger partial charge in [-0.25, -0.2) is 0 Å². The van der Waals surface area contributed by atoms with Gasteiger partial charge in [-0.3, -0.25) is 14.4 Å². The van der Waals surface area contributed by atoms with Crippen LogP contribution in [-0.2, 0) is 23.9 Å². The highest BCUT2D eigenvalue weighted by molar-refractivity contribution is 5.99. The molecule has 4 fully saturated rings. The number of carboxylic acid groups (broad SMARTS) is 1. The van der Waals surface area contributed by atoms with Crippen molar-refractivity contribution in [1.29, 1.82) is 0 Å². The number of esters is 1. The lowest BCUT2D eigenvalue weighted by Gasteiger charge is -2.57. The third-order valence-corrected chi connectivity index (χ3v) is 11.1. The van der Waals surface area contributed by atoms with Crippen molar-refractivity contribution in [1.82, 2.24) is 0 Å². The first-order chi connectivity index (χ1) is 17.1. The highest BCUT2D eigenvalue weighted by atomic mass is 16.6. The Kier molecular flexibility index (Phi) is 5.79. The van der Waals surface area contributed by atoms with Crippen molar-refractivity contribution in [2.24, 2.45) is 34.0 Å². The first-order valence-electron chi connectivity index (χ1n) is 13.5. The number of carbonyl (C=O) groups excluding carboxylic acids is 2. The van der Waals surface area contributed by atoms with E-state index in [9.17, 15) is 24.6 Å². The maximum absolute atomic E-state index is 14.2. The zero-order valence-electron chi connectivity index (χ0n) is 22.8. The number of carboxylic acids is 1. The van der Waals surface area contributed by atoms with E-state index in [1.807, 2.05) is 47.6 Å². The topological polar surface area (TPSA) is 113 Å². The van der Waals surface area contributed by atoms with Gasteiger partial charge in [-0.1, -0.05) is 45.4 Å². The first kappa shape index (κ1) is 26.4. The maximum Gasteiger partial charge on any atom is 0.309 e. The average Bonchev–Trinajstić information content (AvgIpc) is 3.40. The molecule has 10 atom stereocenters. The molecule has 0 bridgehead atoms. The van der Waals surface area contributed by atoms with Crippen LogP contribution < -0.4 is 0 Å². The summed E-state index contributed by atoms with van der Waals surface area (Å²) in [5, 5.41) is 21.3. The first-order valence-corrected chi connectivity index (χ1v) is 13.5. The van der Waals surface area contributed by atoms with Crippen LogP contribution in [0.5, 0.6) is 0 Å². The Morgan fingerprint density at radius 2 is 1.84 bits per heavy atom. The molecule has 3 aliphatic carbocycles. The van der Waals surface area contributed by atoms with Gasteiger partial charge in [0.25, 0.3) is 0 Å². The van der Waals surface area contributed by atoms with Gasteiger partial charge in [0.05, 0.1) is 18.1 Å². The van der Waals surface area contributed by atoms with E-state index in [1.165, 1.54) is 0 Å². The quantitative estimate of drug-likeness (QED) is 0.308. The molecular weight excluding hydrogens is 472 g/mol. The summed E-state index contributed by atoms with van der Waals surface area (Å²) in [4.78, 5) is 37.8. The van der Waals surface area contributed by atoms with E-state index in [1.54, 1.807) is 6.08 Å². The smallest absolute Gasteiger partial charge is 0.309 e. The normalized spacial score (nSPS) is 48.5. The number of cyclic esters (lactones) is 1. The van der Waals surface area contributed by atoms with E-state index in [4.69, 9.17) is 9.47 Å². The fraction of sp³-hybridized carbons (Fsp3) is 0.700. The largest absolute Gasteiger partial charge is 0.481 e. The molecule has 1 spiro atoms. The van der Waals surface area contributed by atoms with E-state index in [0.29, 0.717) is 25.7 Å². The number of ether oxygens (including phenoxy) is 2. The Bertz CT molecular complexity index is 1150. The van der Waals surface area contributed by atoms with Crippen LogP contribution >= 0.6 is 0 Å². The third-order valence-electron chi connectivity index (χ3n) is 11.1. The van der Waals surface area contributed by atoms with Crippen LogP contribution in [0, 0.1) is 34.0 Å². The number of epoxide rings is 1. The second kappa shape index (κ2) is 8.12. The van der Waals surface area contributed by atoms with Gasteiger partial charge in [0.15, 0.2) is 5.78 Å². The number of rotatable bonds is 6. The summed E-state index contributed by atoms with van der Waals surface area (Å²) in [5.41, 5.74) is -0.534. The molecule has 0 aromatic carbocycles. The van der Waals surface area contributed by atoms with Crippen LogP contribution in [0.1, 0.15) is 73.6 Å². The minimum absolute atomic E-state index is 0.0190. The molecule has 0 amide bonds. The minimum Gasteiger partial charge on any atom is -0.481 e. The van der Waals surface area contributed by atoms with Gasteiger partial charge in [-0.2, -0.15) is 0 Å². The van der Waals surface area contributed by atoms with Crippen molar-refractivity contribution >= 4 is 17.7 Å². The van der Waals surface area contributed by atoms with Gasteiger partial charge >= 0.3 is 11.9 Å². The van der Waals surface area contributed by atoms with Gasteiger partial charge in [-0.05, 0) is 68.1 Å². The predicted octanol–water partition coefficient (Wildman–Crippen LogP) is 4.39. The minimum atomic E-state index is -0.927. The number of aliphatic carboxylic acids is 1. The molecule has 0 aromatic heterocycles. The SMILES string of the molecule is C=C(C)[C@@H]1C[C@H]2O[C@@]23C(=CC(=O)[C@]2(C)[C@@H](/C(C)=C/[C@H]4C[C@H](C)C(=O)O4)C[C@H](O)[C@]23C)[C@@]1(C)CCC(=O)O. The molecule has 2 heterocycles. The third kappa shape index (κ3) is 3.22. The monoisotopic (exact) mass is 512 g/mol. The van der Waals surface area contributed by atoms with Gasteiger partial charge in [-0.15, -0.1) is 0 Å². The standard InChI is InChI=1S/C30H40O7/c1-15(2)19-13-24-30(37-24)21(27(19,5)9-8-25(33)34)14-22(31)28(6)20(12-23(32)29(28,30)7)16(3)10-18-11-17(4)26(35)36-18/h10,14,17-20,23-24,32H,1,8-9,11-13H2,2-7H3,(H,33,34)/b16-10+/t17-,18-,19-,20+,23-,24+,27-,28-,29+,30-/m0/s1. The molecule has 2 aliphatic heterocycles. The van der Waals surface area contributed by atoms with Crippen molar-refractivity contribution in [2.45, 2.75) is 97.6 Å². The van der Waals surface area contributed by atoms with Crippen molar-refractivity contribution in [2.75, 3.05) is 0 Å². The predicted molar refractivity (Wildman–Crippen MR) is 136 cm³/mol. The second-order valence-corrected chi connectivity index (χ2v) is 12.9. The molecule has 0 aromatic rings. The number of carbonyl (C=O) groups is 3. The van der Waals surface area contributed by atoms with Crippen molar-refractivity contribution in [3.8, 4) is 0 Å². The number of fused-ring (bicyclic) bond motifs is 1. The summed E-state index contributed by atoms with van der Waals surface area (Å²) in [6.07, 6.45) is 4.46. The highest BCUT2D eigenvalue weighted by Gasteiger charge is 2.84. The number of hydrogen-bond donors (Lipinski definition) is 2. The molecule has 5 rings (SSSR count). The molecule has 37 heavy (non-hydrogen) atoms. The van der Waals surface area contributed by atoms with Crippen LogP contribution in [0.25, 0.3) is 0 Å². The van der Waals surface area contributed by atoms with Crippen LogP contribution in [0.2, 0.25) is 0 Å². The number of aliphatic hydroxyl groups is 1. The Labute approximate surface area is 219 Å². The Morgan fingerprint density at radius 1 is 1.16 bits per heavy atom. The molecular formula is C30H40O7. The Balaban J connectivity index is 1.60. The summed E-state index contributed by atoms with van der Waals surface area (Å²) in [6.45, 7) is 16.0. The van der Waals surface area contributed by atoms with E-state index >= 15 is 0 Å². The number of aliphatic hydroxyl groups excluding tert-OH is 1. The molecule has 2 N–H and O–H groups in total. The molecule has 5 aliphatic rings. The molecule has 0 unspecified atom stereocenters. The lowest BCUT2D eigenvalue weighted by molar-refractivity contribution is -0.144. The molecule has 2 saturated carbocycles. The van der Waals surface area contributed by atoms with Crippen LogP contribution in [0.15, 0.2) is 35.5 Å².